The minimum atomic E-state index is 0.0665. The van der Waals surface area contributed by atoms with Crippen LogP contribution < -0.4 is 5.32 Å². The van der Waals surface area contributed by atoms with Crippen molar-refractivity contribution in [2.75, 3.05) is 19.6 Å². The molecule has 2 aromatic rings. The fourth-order valence-corrected chi connectivity index (χ4v) is 3.78. The van der Waals surface area contributed by atoms with E-state index in [1.165, 1.54) is 25.9 Å². The van der Waals surface area contributed by atoms with E-state index in [4.69, 9.17) is 0 Å². The van der Waals surface area contributed by atoms with Gasteiger partial charge in [-0.25, -0.2) is 0 Å². The molecule has 4 nitrogen and oxygen atoms in total. The summed E-state index contributed by atoms with van der Waals surface area (Å²) in [6.07, 6.45) is 4.39. The number of fused-ring (bicyclic) bond motifs is 4. The van der Waals surface area contributed by atoms with E-state index in [1.54, 1.807) is 0 Å². The fraction of sp³-hybridized carbons (Fsp3) is 0.471. The van der Waals surface area contributed by atoms with Crippen molar-refractivity contribution in [3.05, 3.63) is 41.7 Å². The van der Waals surface area contributed by atoms with Crippen molar-refractivity contribution in [1.29, 1.82) is 0 Å². The third-order valence-corrected chi connectivity index (χ3v) is 5.07. The molecule has 0 aromatic carbocycles. The average molecular weight is 283 g/mol. The summed E-state index contributed by atoms with van der Waals surface area (Å²) < 4.78 is 2.07. The maximum absolute atomic E-state index is 12.5. The SMILES string of the molecule is Cc1cccc2cc(C(=O)N[C@H]3CN4CCC3CC4)cn12. The second-order valence-electron chi connectivity index (χ2n) is 6.41. The van der Waals surface area contributed by atoms with Gasteiger partial charge in [-0.15, -0.1) is 0 Å². The zero-order chi connectivity index (χ0) is 14.4. The van der Waals surface area contributed by atoms with Gasteiger partial charge in [0, 0.05) is 30.0 Å². The van der Waals surface area contributed by atoms with E-state index in [1.807, 2.05) is 24.4 Å². The molecule has 0 aliphatic carbocycles. The maximum atomic E-state index is 12.5. The number of rotatable bonds is 2. The smallest absolute Gasteiger partial charge is 0.253 e. The first-order valence-electron chi connectivity index (χ1n) is 7.82. The molecule has 3 fully saturated rings. The Bertz CT molecular complexity index is 682. The van der Waals surface area contributed by atoms with Crippen LogP contribution in [0.1, 0.15) is 28.9 Å². The molecule has 1 N–H and O–H groups in total. The molecule has 0 saturated carbocycles. The van der Waals surface area contributed by atoms with Crippen LogP contribution in [0.2, 0.25) is 0 Å². The van der Waals surface area contributed by atoms with E-state index in [0.29, 0.717) is 12.0 Å². The van der Waals surface area contributed by atoms with Crippen LogP contribution in [0.25, 0.3) is 5.52 Å². The lowest BCUT2D eigenvalue weighted by Crippen LogP contribution is -2.57. The monoisotopic (exact) mass is 283 g/mol. The first-order valence-corrected chi connectivity index (χ1v) is 7.82. The Morgan fingerprint density at radius 2 is 2.10 bits per heavy atom. The van der Waals surface area contributed by atoms with Gasteiger partial charge in [-0.2, -0.15) is 0 Å². The molecule has 0 spiro atoms. The Morgan fingerprint density at radius 3 is 2.76 bits per heavy atom. The quantitative estimate of drug-likeness (QED) is 0.916. The summed E-state index contributed by atoms with van der Waals surface area (Å²) in [5.74, 6) is 0.731. The lowest BCUT2D eigenvalue weighted by Gasteiger charge is -2.44. The average Bonchev–Trinajstić information content (AvgIpc) is 2.94. The van der Waals surface area contributed by atoms with Gasteiger partial charge in [0.25, 0.3) is 5.91 Å². The number of amides is 1. The Hall–Kier alpha value is -1.81. The molecule has 1 atom stereocenters. The molecule has 0 unspecified atom stereocenters. The molecule has 2 bridgehead atoms. The molecule has 5 heterocycles. The molecule has 5 rings (SSSR count). The number of aryl methyl sites for hydroxylation is 1. The molecule has 3 aliphatic heterocycles. The molecule has 3 aliphatic rings. The first-order chi connectivity index (χ1) is 10.2. The van der Waals surface area contributed by atoms with Gasteiger partial charge in [0.2, 0.25) is 0 Å². The zero-order valence-electron chi connectivity index (χ0n) is 12.4. The third-order valence-electron chi connectivity index (χ3n) is 5.07. The lowest BCUT2D eigenvalue weighted by atomic mass is 9.84. The van der Waals surface area contributed by atoms with Gasteiger partial charge < -0.3 is 14.6 Å². The molecule has 0 radical (unpaired) electrons. The van der Waals surface area contributed by atoms with Crippen molar-refractivity contribution in [3.63, 3.8) is 0 Å². The van der Waals surface area contributed by atoms with Crippen LogP contribution in [0.15, 0.2) is 30.5 Å². The van der Waals surface area contributed by atoms with Crippen LogP contribution in [0.5, 0.6) is 0 Å². The number of carbonyl (C=O) groups excluding carboxylic acids is 1. The van der Waals surface area contributed by atoms with E-state index < -0.39 is 0 Å². The molecule has 4 heteroatoms. The Balaban J connectivity index is 1.55. The highest BCUT2D eigenvalue weighted by Crippen LogP contribution is 2.27. The van der Waals surface area contributed by atoms with Crippen molar-refractivity contribution in [2.24, 2.45) is 5.92 Å². The van der Waals surface area contributed by atoms with Crippen LogP contribution in [0, 0.1) is 12.8 Å². The summed E-state index contributed by atoms with van der Waals surface area (Å²) in [6.45, 7) is 5.48. The van der Waals surface area contributed by atoms with Crippen molar-refractivity contribution in [3.8, 4) is 0 Å². The van der Waals surface area contributed by atoms with Crippen molar-refractivity contribution in [1.82, 2.24) is 14.6 Å². The minimum absolute atomic E-state index is 0.0665. The highest BCUT2D eigenvalue weighted by atomic mass is 16.1. The van der Waals surface area contributed by atoms with E-state index in [2.05, 4.69) is 27.6 Å². The second-order valence-corrected chi connectivity index (χ2v) is 6.41. The largest absolute Gasteiger partial charge is 0.348 e. The summed E-state index contributed by atoms with van der Waals surface area (Å²) in [6, 6.07) is 8.42. The normalized spacial score (nSPS) is 28.0. The van der Waals surface area contributed by atoms with Crippen LogP contribution >= 0.6 is 0 Å². The van der Waals surface area contributed by atoms with Crippen molar-refractivity contribution < 1.29 is 4.79 Å². The standard InChI is InChI=1S/C17H21N3O/c1-12-3-2-4-15-9-14(10-20(12)15)17(21)18-16-11-19-7-5-13(16)6-8-19/h2-4,9-10,13,16H,5-8,11H2,1H3,(H,18,21)/t16-/m0/s1. The highest BCUT2D eigenvalue weighted by Gasteiger charge is 2.35. The number of nitrogens with one attached hydrogen (secondary N) is 1. The molecule has 110 valence electrons. The molecular formula is C17H21N3O. The zero-order valence-corrected chi connectivity index (χ0v) is 12.4. The number of pyridine rings is 1. The molecule has 3 saturated heterocycles. The van der Waals surface area contributed by atoms with Crippen LogP contribution in [-0.4, -0.2) is 40.9 Å². The van der Waals surface area contributed by atoms with Gasteiger partial charge in [-0.3, -0.25) is 4.79 Å². The summed E-state index contributed by atoms with van der Waals surface area (Å²) >= 11 is 0. The number of aromatic nitrogens is 1. The first kappa shape index (κ1) is 12.9. The Kier molecular flexibility index (Phi) is 3.00. The van der Waals surface area contributed by atoms with Crippen molar-refractivity contribution >= 4 is 11.4 Å². The third kappa shape index (κ3) is 2.23. The summed E-state index contributed by atoms with van der Waals surface area (Å²) in [4.78, 5) is 15.0. The minimum Gasteiger partial charge on any atom is -0.348 e. The summed E-state index contributed by atoms with van der Waals surface area (Å²) in [7, 11) is 0. The van der Waals surface area contributed by atoms with E-state index in [-0.39, 0.29) is 5.91 Å². The maximum Gasteiger partial charge on any atom is 0.253 e. The topological polar surface area (TPSA) is 36.8 Å². The fourth-order valence-electron chi connectivity index (χ4n) is 3.78. The lowest BCUT2D eigenvalue weighted by molar-refractivity contribution is 0.0620. The number of piperidine rings is 3. The number of carbonyl (C=O) groups is 1. The number of hydrogen-bond donors (Lipinski definition) is 1. The second kappa shape index (κ2) is 4.88. The Labute approximate surface area is 124 Å². The van der Waals surface area contributed by atoms with E-state index in [0.717, 1.165) is 23.3 Å². The van der Waals surface area contributed by atoms with Crippen LogP contribution in [-0.2, 0) is 0 Å². The molecule has 2 aromatic heterocycles. The Morgan fingerprint density at radius 1 is 1.29 bits per heavy atom. The van der Waals surface area contributed by atoms with Gasteiger partial charge in [0.05, 0.1) is 5.56 Å². The molecule has 21 heavy (non-hydrogen) atoms. The molecular weight excluding hydrogens is 262 g/mol. The van der Waals surface area contributed by atoms with Crippen LogP contribution in [0.3, 0.4) is 0 Å². The van der Waals surface area contributed by atoms with Gasteiger partial charge in [0.1, 0.15) is 0 Å². The van der Waals surface area contributed by atoms with Gasteiger partial charge in [-0.1, -0.05) is 6.07 Å². The van der Waals surface area contributed by atoms with Gasteiger partial charge in [0.15, 0.2) is 0 Å². The van der Waals surface area contributed by atoms with Crippen molar-refractivity contribution in [2.45, 2.75) is 25.8 Å². The van der Waals surface area contributed by atoms with Gasteiger partial charge >= 0.3 is 0 Å². The van der Waals surface area contributed by atoms with Crippen LogP contribution in [0.4, 0.5) is 0 Å². The summed E-state index contributed by atoms with van der Waals surface area (Å²) in [5, 5.41) is 3.25. The summed E-state index contributed by atoms with van der Waals surface area (Å²) in [5.41, 5.74) is 2.99. The van der Waals surface area contributed by atoms with Gasteiger partial charge in [-0.05, 0) is 57.0 Å². The number of nitrogens with zero attached hydrogens (tertiary/aromatic N) is 2. The highest BCUT2D eigenvalue weighted by molar-refractivity contribution is 5.95. The predicted octanol–water partition coefficient (Wildman–Crippen LogP) is 2.07. The number of hydrogen-bond acceptors (Lipinski definition) is 2. The van der Waals surface area contributed by atoms with E-state index >= 15 is 0 Å². The van der Waals surface area contributed by atoms with E-state index in [9.17, 15) is 4.79 Å². The molecule has 1 amide bonds. The predicted molar refractivity (Wildman–Crippen MR) is 82.6 cm³/mol.